The molecule has 0 rings (SSSR count). The van der Waals surface area contributed by atoms with Crippen LogP contribution in [0, 0.1) is 0 Å². The van der Waals surface area contributed by atoms with Crippen molar-refractivity contribution in [3.05, 3.63) is 12.2 Å². The fourth-order valence-electron chi connectivity index (χ4n) is 4.09. The number of amides is 1. The summed E-state index contributed by atoms with van der Waals surface area (Å²) < 4.78 is 31.9. The van der Waals surface area contributed by atoms with Crippen molar-refractivity contribution >= 4 is 16.0 Å². The van der Waals surface area contributed by atoms with Gasteiger partial charge in [-0.2, -0.15) is 8.42 Å². The van der Waals surface area contributed by atoms with E-state index in [9.17, 15) is 22.9 Å². The van der Waals surface area contributed by atoms with Gasteiger partial charge in [-0.05, 0) is 19.3 Å². The van der Waals surface area contributed by atoms with Gasteiger partial charge in [-0.1, -0.05) is 122 Å². The van der Waals surface area contributed by atoms with Gasteiger partial charge in [0.05, 0.1) is 17.9 Å². The molecule has 0 aromatic rings. The van der Waals surface area contributed by atoms with Crippen molar-refractivity contribution in [2.24, 2.45) is 0 Å². The molecule has 0 aliphatic rings. The summed E-state index contributed by atoms with van der Waals surface area (Å²) in [5, 5.41) is 13.0. The zero-order chi connectivity index (χ0) is 25.5. The van der Waals surface area contributed by atoms with Crippen LogP contribution in [-0.4, -0.2) is 41.9 Å². The van der Waals surface area contributed by atoms with Gasteiger partial charge in [0.2, 0.25) is 5.91 Å². The molecule has 0 bridgehead atoms. The Hall–Kier alpha value is -0.920. The average molecular weight is 504 g/mol. The number of unbranched alkanes of at least 4 members (excludes halogenated alkanes) is 16. The quantitative estimate of drug-likeness (QED) is 0.0770. The number of nitrogens with one attached hydrogen (secondary N) is 1. The molecule has 0 heterocycles. The molecule has 202 valence electrons. The normalized spacial score (nSPS) is 13.9. The molecule has 2 atom stereocenters. The van der Waals surface area contributed by atoms with Gasteiger partial charge in [0, 0.05) is 6.42 Å². The molecule has 0 aromatic heterocycles. The molecule has 0 saturated heterocycles. The third-order valence-corrected chi connectivity index (χ3v) is 6.99. The molecule has 0 saturated carbocycles. The Labute approximate surface area is 210 Å². The fraction of sp³-hybridized carbons (Fsp3) is 0.889. The molecule has 34 heavy (non-hydrogen) atoms. The van der Waals surface area contributed by atoms with Crippen LogP contribution < -0.4 is 5.32 Å². The molecular formula is C27H53NO5S. The maximum absolute atomic E-state index is 12.2. The van der Waals surface area contributed by atoms with Crippen LogP contribution in [0.4, 0.5) is 0 Å². The number of carbonyl (C=O) groups is 1. The van der Waals surface area contributed by atoms with Crippen LogP contribution in [0.3, 0.4) is 0 Å². The second-order valence-corrected chi connectivity index (χ2v) is 11.2. The SMILES string of the molecule is CCCCCCCCCCCC/C=C/C(O)C(CS(=O)(=O)O)NC(=O)CCCCCCCCC. The summed E-state index contributed by atoms with van der Waals surface area (Å²) in [6, 6.07) is -1.05. The number of allylic oxidation sites excluding steroid dienone is 1. The Balaban J connectivity index is 4.15. The molecule has 7 heteroatoms. The lowest BCUT2D eigenvalue weighted by atomic mass is 10.1. The average Bonchev–Trinajstić information content (AvgIpc) is 2.77. The third kappa shape index (κ3) is 22.9. The summed E-state index contributed by atoms with van der Waals surface area (Å²) in [5.74, 6) is -0.983. The highest BCUT2D eigenvalue weighted by molar-refractivity contribution is 7.85. The molecule has 0 radical (unpaired) electrons. The van der Waals surface area contributed by atoms with Gasteiger partial charge in [-0.15, -0.1) is 0 Å². The Morgan fingerprint density at radius 2 is 1.21 bits per heavy atom. The summed E-state index contributed by atoms with van der Waals surface area (Å²) in [6.45, 7) is 4.41. The predicted molar refractivity (Wildman–Crippen MR) is 143 cm³/mol. The first-order valence-corrected chi connectivity index (χ1v) is 15.5. The Morgan fingerprint density at radius 1 is 0.765 bits per heavy atom. The minimum Gasteiger partial charge on any atom is -0.387 e. The second-order valence-electron chi connectivity index (χ2n) is 9.68. The predicted octanol–water partition coefficient (Wildman–Crippen LogP) is 6.73. The molecule has 0 aliphatic carbocycles. The summed E-state index contributed by atoms with van der Waals surface area (Å²) in [7, 11) is -4.32. The van der Waals surface area contributed by atoms with Crippen LogP contribution in [-0.2, 0) is 14.9 Å². The summed E-state index contributed by atoms with van der Waals surface area (Å²) >= 11 is 0. The largest absolute Gasteiger partial charge is 0.387 e. The Morgan fingerprint density at radius 3 is 1.68 bits per heavy atom. The van der Waals surface area contributed by atoms with Crippen LogP contribution >= 0.6 is 0 Å². The lowest BCUT2D eigenvalue weighted by molar-refractivity contribution is -0.122. The monoisotopic (exact) mass is 503 g/mol. The standard InChI is InChI=1S/C27H53NO5S/c1-3-5-7-9-11-12-13-14-15-17-18-20-22-26(29)25(24-34(31,32)33)28-27(30)23-21-19-16-10-8-6-4-2/h20,22,25-26,29H,3-19,21,23-24H2,1-2H3,(H,28,30)(H,31,32,33)/b22-20+. The first kappa shape index (κ1) is 33.1. The molecule has 3 N–H and O–H groups in total. The molecule has 0 fully saturated rings. The molecule has 0 spiro atoms. The van der Waals surface area contributed by atoms with Crippen molar-refractivity contribution in [1.29, 1.82) is 0 Å². The van der Waals surface area contributed by atoms with Crippen molar-refractivity contribution < 1.29 is 22.9 Å². The molecule has 2 unspecified atom stereocenters. The van der Waals surface area contributed by atoms with Crippen LogP contribution in [0.1, 0.15) is 136 Å². The number of aliphatic hydroxyl groups is 1. The summed E-state index contributed by atoms with van der Waals surface area (Å²) in [6.07, 6.45) is 23.5. The van der Waals surface area contributed by atoms with Crippen LogP contribution in [0.25, 0.3) is 0 Å². The van der Waals surface area contributed by atoms with Gasteiger partial charge < -0.3 is 10.4 Å². The van der Waals surface area contributed by atoms with Gasteiger partial charge >= 0.3 is 0 Å². The molecule has 0 aromatic carbocycles. The first-order valence-electron chi connectivity index (χ1n) is 13.9. The van der Waals surface area contributed by atoms with E-state index in [1.165, 1.54) is 83.1 Å². The zero-order valence-corrected chi connectivity index (χ0v) is 22.8. The minimum atomic E-state index is -4.32. The fourth-order valence-corrected chi connectivity index (χ4v) is 4.83. The lowest BCUT2D eigenvalue weighted by Gasteiger charge is -2.21. The molecule has 1 amide bonds. The van der Waals surface area contributed by atoms with Crippen molar-refractivity contribution in [2.45, 2.75) is 148 Å². The van der Waals surface area contributed by atoms with Crippen LogP contribution in [0.5, 0.6) is 0 Å². The third-order valence-electron chi connectivity index (χ3n) is 6.21. The van der Waals surface area contributed by atoms with E-state index in [1.54, 1.807) is 0 Å². The van der Waals surface area contributed by atoms with E-state index in [2.05, 4.69) is 19.2 Å². The molecule has 0 aliphatic heterocycles. The van der Waals surface area contributed by atoms with E-state index in [0.29, 0.717) is 6.42 Å². The minimum absolute atomic E-state index is 0.288. The highest BCUT2D eigenvalue weighted by atomic mass is 32.2. The number of hydrogen-bond donors (Lipinski definition) is 3. The molecular weight excluding hydrogens is 450 g/mol. The van der Waals surface area contributed by atoms with E-state index >= 15 is 0 Å². The van der Waals surface area contributed by atoms with Crippen LogP contribution in [0.2, 0.25) is 0 Å². The van der Waals surface area contributed by atoms with Crippen molar-refractivity contribution in [3.63, 3.8) is 0 Å². The van der Waals surface area contributed by atoms with Gasteiger partial charge in [0.15, 0.2) is 0 Å². The molecule has 6 nitrogen and oxygen atoms in total. The van der Waals surface area contributed by atoms with Gasteiger partial charge in [0.1, 0.15) is 0 Å². The summed E-state index contributed by atoms with van der Waals surface area (Å²) in [4.78, 5) is 12.2. The Bertz CT molecular complexity index is 606. The Kier molecular flexibility index (Phi) is 21.9. The van der Waals surface area contributed by atoms with E-state index in [-0.39, 0.29) is 5.91 Å². The number of carbonyl (C=O) groups excluding carboxylic acids is 1. The highest BCUT2D eigenvalue weighted by Gasteiger charge is 2.24. The van der Waals surface area contributed by atoms with E-state index in [4.69, 9.17) is 0 Å². The van der Waals surface area contributed by atoms with Gasteiger partial charge in [-0.25, -0.2) is 0 Å². The van der Waals surface area contributed by atoms with E-state index in [1.807, 2.05) is 6.08 Å². The zero-order valence-electron chi connectivity index (χ0n) is 22.0. The smallest absolute Gasteiger partial charge is 0.267 e. The van der Waals surface area contributed by atoms with Crippen molar-refractivity contribution in [3.8, 4) is 0 Å². The van der Waals surface area contributed by atoms with Crippen LogP contribution in [0.15, 0.2) is 12.2 Å². The second kappa shape index (κ2) is 22.5. The summed E-state index contributed by atoms with van der Waals surface area (Å²) in [5.41, 5.74) is 0. The van der Waals surface area contributed by atoms with Gasteiger partial charge in [-0.3, -0.25) is 9.35 Å². The van der Waals surface area contributed by atoms with Gasteiger partial charge in [0.25, 0.3) is 10.1 Å². The number of hydrogen-bond acceptors (Lipinski definition) is 4. The number of rotatable bonds is 24. The van der Waals surface area contributed by atoms with Crippen molar-refractivity contribution in [1.82, 2.24) is 5.32 Å². The maximum Gasteiger partial charge on any atom is 0.267 e. The van der Waals surface area contributed by atoms with E-state index in [0.717, 1.165) is 38.5 Å². The topological polar surface area (TPSA) is 104 Å². The lowest BCUT2D eigenvalue weighted by Crippen LogP contribution is -2.46. The van der Waals surface area contributed by atoms with E-state index < -0.39 is 28.0 Å². The highest BCUT2D eigenvalue weighted by Crippen LogP contribution is 2.12. The first-order chi connectivity index (χ1) is 16.3. The number of aliphatic hydroxyl groups excluding tert-OH is 1. The van der Waals surface area contributed by atoms with Crippen molar-refractivity contribution in [2.75, 3.05) is 5.75 Å². The maximum atomic E-state index is 12.2.